The number of thiazole rings is 1. The molecule has 27 heavy (non-hydrogen) atoms. The smallest absolute Gasteiger partial charge is 0.254 e. The van der Waals surface area contributed by atoms with Gasteiger partial charge in [-0.2, -0.15) is 0 Å². The highest BCUT2D eigenvalue weighted by Gasteiger charge is 2.26. The van der Waals surface area contributed by atoms with Crippen LogP contribution in [-0.4, -0.2) is 47.5 Å². The third-order valence-corrected chi connectivity index (χ3v) is 5.71. The average Bonchev–Trinajstić information content (AvgIpc) is 3.24. The maximum absolute atomic E-state index is 13.1. The third-order valence-electron chi connectivity index (χ3n) is 4.72. The van der Waals surface area contributed by atoms with Gasteiger partial charge in [0.05, 0.1) is 11.8 Å². The summed E-state index contributed by atoms with van der Waals surface area (Å²) in [7, 11) is 0. The molecule has 0 unspecified atom stereocenters. The van der Waals surface area contributed by atoms with E-state index in [1.165, 1.54) is 11.3 Å². The summed E-state index contributed by atoms with van der Waals surface area (Å²) in [5.41, 5.74) is 2.41. The molecule has 1 aliphatic heterocycles. The molecule has 3 rings (SSSR count). The number of carbonyl (C=O) groups is 2. The Hall–Kier alpha value is -2.25. The zero-order valence-electron chi connectivity index (χ0n) is 15.9. The molecule has 0 bridgehead atoms. The number of carbonyl (C=O) groups excluding carboxylic acids is 2. The van der Waals surface area contributed by atoms with Crippen LogP contribution in [0.4, 0.5) is 5.13 Å². The Morgan fingerprint density at radius 3 is 2.70 bits per heavy atom. The molecular formula is C20H25N3O3S. The van der Waals surface area contributed by atoms with Gasteiger partial charge in [0, 0.05) is 23.6 Å². The maximum Gasteiger partial charge on any atom is 0.254 e. The summed E-state index contributed by atoms with van der Waals surface area (Å²) in [4.78, 5) is 32.6. The van der Waals surface area contributed by atoms with Gasteiger partial charge in [-0.3, -0.25) is 9.59 Å². The molecular weight excluding hydrogens is 362 g/mol. The summed E-state index contributed by atoms with van der Waals surface area (Å²) in [6, 6.07) is 7.44. The molecule has 1 fully saturated rings. The first kappa shape index (κ1) is 19.5. The maximum atomic E-state index is 13.1. The van der Waals surface area contributed by atoms with Gasteiger partial charge in [0.1, 0.15) is 6.54 Å². The van der Waals surface area contributed by atoms with Crippen molar-refractivity contribution in [1.82, 2.24) is 9.88 Å². The van der Waals surface area contributed by atoms with Gasteiger partial charge in [-0.15, -0.1) is 11.3 Å². The summed E-state index contributed by atoms with van der Waals surface area (Å²) < 4.78 is 5.68. The molecule has 0 saturated carbocycles. The zero-order valence-corrected chi connectivity index (χ0v) is 16.8. The van der Waals surface area contributed by atoms with E-state index in [0.717, 1.165) is 29.0 Å². The Balaban J connectivity index is 1.73. The van der Waals surface area contributed by atoms with Crippen molar-refractivity contribution in [2.75, 3.05) is 25.0 Å². The molecule has 0 radical (unpaired) electrons. The van der Waals surface area contributed by atoms with E-state index in [0.29, 0.717) is 23.8 Å². The first-order valence-electron chi connectivity index (χ1n) is 9.14. The van der Waals surface area contributed by atoms with E-state index in [4.69, 9.17) is 4.74 Å². The Kier molecular flexibility index (Phi) is 6.23. The van der Waals surface area contributed by atoms with Gasteiger partial charge in [-0.25, -0.2) is 4.98 Å². The highest BCUT2D eigenvalue weighted by Crippen LogP contribution is 2.21. The lowest BCUT2D eigenvalue weighted by molar-refractivity contribution is -0.117. The van der Waals surface area contributed by atoms with Crippen molar-refractivity contribution in [2.24, 2.45) is 0 Å². The quantitative estimate of drug-likeness (QED) is 0.825. The number of aryl methyl sites for hydroxylation is 3. The lowest BCUT2D eigenvalue weighted by Crippen LogP contribution is -2.42. The second kappa shape index (κ2) is 8.63. The Morgan fingerprint density at radius 2 is 2.07 bits per heavy atom. The van der Waals surface area contributed by atoms with Crippen molar-refractivity contribution >= 4 is 28.3 Å². The first-order chi connectivity index (χ1) is 12.9. The number of amides is 2. The average molecular weight is 388 g/mol. The topological polar surface area (TPSA) is 71.5 Å². The Labute approximate surface area is 163 Å². The van der Waals surface area contributed by atoms with Gasteiger partial charge in [0.15, 0.2) is 5.13 Å². The van der Waals surface area contributed by atoms with Crippen molar-refractivity contribution in [3.8, 4) is 0 Å². The fourth-order valence-electron chi connectivity index (χ4n) is 3.09. The van der Waals surface area contributed by atoms with Crippen LogP contribution in [0, 0.1) is 20.8 Å². The number of rotatable bonds is 6. The Bertz CT molecular complexity index is 808. The molecule has 2 aromatic rings. The van der Waals surface area contributed by atoms with Crippen molar-refractivity contribution in [3.05, 3.63) is 46.0 Å². The minimum absolute atomic E-state index is 0.0184. The molecule has 2 amide bonds. The third kappa shape index (κ3) is 4.93. The summed E-state index contributed by atoms with van der Waals surface area (Å²) in [5, 5.41) is 3.38. The van der Waals surface area contributed by atoms with E-state index in [9.17, 15) is 9.59 Å². The molecule has 0 spiro atoms. The fraction of sp³-hybridized carbons (Fsp3) is 0.450. The number of ether oxygens (including phenoxy) is 1. The van der Waals surface area contributed by atoms with Crippen LogP contribution in [0.5, 0.6) is 0 Å². The highest BCUT2D eigenvalue weighted by molar-refractivity contribution is 7.15. The molecule has 144 valence electrons. The van der Waals surface area contributed by atoms with Gasteiger partial charge in [0.2, 0.25) is 5.91 Å². The largest absolute Gasteiger partial charge is 0.376 e. The lowest BCUT2D eigenvalue weighted by atomic mass is 10.1. The van der Waals surface area contributed by atoms with Crippen LogP contribution in [0.3, 0.4) is 0 Å². The zero-order chi connectivity index (χ0) is 19.4. The molecule has 1 N–H and O–H groups in total. The van der Waals surface area contributed by atoms with Crippen LogP contribution in [0.2, 0.25) is 0 Å². The van der Waals surface area contributed by atoms with Crippen molar-refractivity contribution in [3.63, 3.8) is 0 Å². The molecule has 1 aromatic heterocycles. The first-order valence-corrected chi connectivity index (χ1v) is 9.96. The van der Waals surface area contributed by atoms with Crippen molar-refractivity contribution in [2.45, 2.75) is 39.7 Å². The van der Waals surface area contributed by atoms with Crippen LogP contribution in [0.1, 0.15) is 39.3 Å². The van der Waals surface area contributed by atoms with Gasteiger partial charge in [-0.05, 0) is 45.2 Å². The molecule has 1 aromatic carbocycles. The highest BCUT2D eigenvalue weighted by atomic mass is 32.1. The second-order valence-electron chi connectivity index (χ2n) is 6.84. The predicted molar refractivity (Wildman–Crippen MR) is 106 cm³/mol. The van der Waals surface area contributed by atoms with Crippen molar-refractivity contribution in [1.29, 1.82) is 0 Å². The van der Waals surface area contributed by atoms with Crippen LogP contribution in [0.25, 0.3) is 0 Å². The van der Waals surface area contributed by atoms with Gasteiger partial charge < -0.3 is 15.0 Å². The fourth-order valence-corrected chi connectivity index (χ4v) is 3.93. The summed E-state index contributed by atoms with van der Waals surface area (Å²) in [6.45, 7) is 6.88. The van der Waals surface area contributed by atoms with E-state index in [2.05, 4.69) is 10.3 Å². The number of nitrogens with zero attached hydrogens (tertiary/aromatic N) is 2. The summed E-state index contributed by atoms with van der Waals surface area (Å²) in [5.74, 6) is -0.395. The number of anilines is 1. The number of hydrogen-bond acceptors (Lipinski definition) is 5. The van der Waals surface area contributed by atoms with E-state index in [1.807, 2.05) is 39.0 Å². The minimum Gasteiger partial charge on any atom is -0.376 e. The second-order valence-corrected chi connectivity index (χ2v) is 8.05. The van der Waals surface area contributed by atoms with E-state index in [-0.39, 0.29) is 24.5 Å². The molecule has 7 heteroatoms. The van der Waals surface area contributed by atoms with E-state index >= 15 is 0 Å². The minimum atomic E-state index is -0.247. The monoisotopic (exact) mass is 387 g/mol. The number of aromatic nitrogens is 1. The van der Waals surface area contributed by atoms with E-state index in [1.54, 1.807) is 11.0 Å². The van der Waals surface area contributed by atoms with Crippen LogP contribution < -0.4 is 5.32 Å². The lowest BCUT2D eigenvalue weighted by Gasteiger charge is -2.25. The molecule has 1 aliphatic rings. The van der Waals surface area contributed by atoms with Gasteiger partial charge in [0.25, 0.3) is 5.91 Å². The number of nitrogens with one attached hydrogen (secondary N) is 1. The molecule has 6 nitrogen and oxygen atoms in total. The Morgan fingerprint density at radius 1 is 1.30 bits per heavy atom. The van der Waals surface area contributed by atoms with Crippen molar-refractivity contribution < 1.29 is 14.3 Å². The molecule has 2 heterocycles. The standard InChI is InChI=1S/C20H25N3O3S/c1-13-7-4-5-9-17(13)19(25)23(11-16-8-6-10-26-16)12-18(24)22-20-21-14(2)15(3)27-20/h4-5,7,9,16H,6,8,10-12H2,1-3H3,(H,21,22,24)/t16-/m1/s1. The normalized spacial score (nSPS) is 16.3. The molecule has 1 atom stereocenters. The van der Waals surface area contributed by atoms with Crippen LogP contribution >= 0.6 is 11.3 Å². The van der Waals surface area contributed by atoms with Crippen LogP contribution in [-0.2, 0) is 9.53 Å². The summed E-state index contributed by atoms with van der Waals surface area (Å²) >= 11 is 1.44. The van der Waals surface area contributed by atoms with E-state index < -0.39 is 0 Å². The molecule has 1 saturated heterocycles. The number of hydrogen-bond donors (Lipinski definition) is 1. The SMILES string of the molecule is Cc1ccccc1C(=O)N(CC(=O)Nc1nc(C)c(C)s1)C[C@H]1CCCO1. The van der Waals surface area contributed by atoms with Gasteiger partial charge >= 0.3 is 0 Å². The van der Waals surface area contributed by atoms with Gasteiger partial charge in [-0.1, -0.05) is 18.2 Å². The predicted octanol–water partition coefficient (Wildman–Crippen LogP) is 3.33. The number of benzene rings is 1. The molecule has 0 aliphatic carbocycles. The summed E-state index contributed by atoms with van der Waals surface area (Å²) in [6.07, 6.45) is 1.88. The van der Waals surface area contributed by atoms with Crippen LogP contribution in [0.15, 0.2) is 24.3 Å².